The molecule has 0 radical (unpaired) electrons. The number of nitrogens with zero attached hydrogens (tertiary/aromatic N) is 2. The van der Waals surface area contributed by atoms with Crippen molar-refractivity contribution in [2.45, 2.75) is 37.6 Å². The zero-order chi connectivity index (χ0) is 14.1. The summed E-state index contributed by atoms with van der Waals surface area (Å²) in [5, 5.41) is 11.6. The Kier molecular flexibility index (Phi) is 3.34. The molecule has 5 nitrogen and oxygen atoms in total. The third kappa shape index (κ3) is 2.35. The van der Waals surface area contributed by atoms with E-state index in [0.717, 1.165) is 24.8 Å². The predicted molar refractivity (Wildman–Crippen MR) is 75.6 cm³/mol. The van der Waals surface area contributed by atoms with Crippen LogP contribution in [0.5, 0.6) is 0 Å². The van der Waals surface area contributed by atoms with E-state index >= 15 is 0 Å². The van der Waals surface area contributed by atoms with Crippen molar-refractivity contribution in [1.29, 1.82) is 0 Å². The van der Waals surface area contributed by atoms with Crippen LogP contribution in [-0.4, -0.2) is 34.4 Å². The molecule has 2 aliphatic rings. The van der Waals surface area contributed by atoms with Crippen LogP contribution in [0.3, 0.4) is 0 Å². The van der Waals surface area contributed by atoms with Crippen molar-refractivity contribution in [1.82, 2.24) is 4.90 Å². The maximum atomic E-state index is 12.7. The van der Waals surface area contributed by atoms with E-state index in [1.54, 1.807) is 0 Å². The number of hydrogen-bond donors (Lipinski definition) is 2. The fourth-order valence-corrected chi connectivity index (χ4v) is 2.82. The molecule has 0 heterocycles. The average molecular weight is 273 g/mol. The Balaban J connectivity index is 1.68. The van der Waals surface area contributed by atoms with Crippen molar-refractivity contribution in [3.8, 4) is 0 Å². The largest absolute Gasteiger partial charge is 0.409 e. The summed E-state index contributed by atoms with van der Waals surface area (Å²) in [6.07, 6.45) is 3.39. The molecule has 3 rings (SSSR count). The fourth-order valence-electron chi connectivity index (χ4n) is 2.82. The molecule has 1 saturated carbocycles. The van der Waals surface area contributed by atoms with Crippen molar-refractivity contribution < 1.29 is 10.0 Å². The van der Waals surface area contributed by atoms with E-state index in [-0.39, 0.29) is 17.7 Å². The van der Waals surface area contributed by atoms with Crippen LogP contribution in [0.4, 0.5) is 0 Å². The molecule has 1 aromatic carbocycles. The lowest BCUT2D eigenvalue weighted by Crippen LogP contribution is -2.42. The molecule has 1 unspecified atom stereocenters. The van der Waals surface area contributed by atoms with Gasteiger partial charge in [-0.05, 0) is 30.4 Å². The van der Waals surface area contributed by atoms with Crippen molar-refractivity contribution in [3.63, 3.8) is 0 Å². The monoisotopic (exact) mass is 273 g/mol. The van der Waals surface area contributed by atoms with Crippen LogP contribution < -0.4 is 5.73 Å². The summed E-state index contributed by atoms with van der Waals surface area (Å²) >= 11 is 0. The minimum Gasteiger partial charge on any atom is -0.409 e. The highest BCUT2D eigenvalue weighted by molar-refractivity contribution is 5.88. The fraction of sp³-hybridized carbons (Fsp3) is 0.467. The van der Waals surface area contributed by atoms with Gasteiger partial charge in [0.1, 0.15) is 5.84 Å². The summed E-state index contributed by atoms with van der Waals surface area (Å²) in [5.74, 6) is 0.369. The number of hydrogen-bond acceptors (Lipinski definition) is 3. The van der Waals surface area contributed by atoms with Crippen LogP contribution in [0, 0.1) is 0 Å². The quantitative estimate of drug-likeness (QED) is 0.369. The number of carbonyl (C=O) groups is 1. The number of amides is 1. The Bertz CT molecular complexity index is 552. The number of oxime groups is 1. The maximum Gasteiger partial charge on any atom is 0.230 e. The van der Waals surface area contributed by atoms with Gasteiger partial charge in [0.25, 0.3) is 0 Å². The summed E-state index contributed by atoms with van der Waals surface area (Å²) in [4.78, 5) is 14.6. The van der Waals surface area contributed by atoms with E-state index in [1.807, 2.05) is 23.1 Å². The van der Waals surface area contributed by atoms with Crippen molar-refractivity contribution in [2.24, 2.45) is 10.9 Å². The lowest BCUT2D eigenvalue weighted by Gasteiger charge is -2.34. The summed E-state index contributed by atoms with van der Waals surface area (Å²) in [5.41, 5.74) is 7.94. The molecular weight excluding hydrogens is 254 g/mol. The van der Waals surface area contributed by atoms with Crippen LogP contribution >= 0.6 is 0 Å². The first-order valence-electron chi connectivity index (χ1n) is 7.05. The van der Waals surface area contributed by atoms with E-state index in [9.17, 15) is 4.79 Å². The summed E-state index contributed by atoms with van der Waals surface area (Å²) < 4.78 is 0. The average Bonchev–Trinajstić information content (AvgIpc) is 3.24. The predicted octanol–water partition coefficient (Wildman–Crippen LogP) is 1.45. The second-order valence-electron chi connectivity index (χ2n) is 5.56. The lowest BCUT2D eigenvalue weighted by atomic mass is 9.77. The maximum absolute atomic E-state index is 12.7. The third-order valence-electron chi connectivity index (χ3n) is 4.16. The highest BCUT2D eigenvalue weighted by Gasteiger charge is 2.40. The van der Waals surface area contributed by atoms with Gasteiger partial charge >= 0.3 is 0 Å². The van der Waals surface area contributed by atoms with E-state index in [0.29, 0.717) is 19.0 Å². The second kappa shape index (κ2) is 5.15. The Labute approximate surface area is 118 Å². The normalized spacial score (nSPS) is 21.0. The van der Waals surface area contributed by atoms with E-state index in [4.69, 9.17) is 10.9 Å². The first-order valence-corrected chi connectivity index (χ1v) is 7.05. The van der Waals surface area contributed by atoms with Gasteiger partial charge in [-0.15, -0.1) is 0 Å². The number of benzene rings is 1. The molecule has 1 amide bonds. The van der Waals surface area contributed by atoms with Gasteiger partial charge in [0, 0.05) is 19.0 Å². The number of rotatable bonds is 5. The Morgan fingerprint density at radius 3 is 2.80 bits per heavy atom. The van der Waals surface area contributed by atoms with Crippen LogP contribution in [0.15, 0.2) is 29.4 Å². The van der Waals surface area contributed by atoms with Crippen LogP contribution in [0.1, 0.15) is 36.3 Å². The molecule has 1 atom stereocenters. The molecule has 106 valence electrons. The zero-order valence-electron chi connectivity index (χ0n) is 11.3. The summed E-state index contributed by atoms with van der Waals surface area (Å²) in [6, 6.07) is 8.46. The van der Waals surface area contributed by atoms with Gasteiger partial charge in [-0.25, -0.2) is 0 Å². The Hall–Kier alpha value is -2.04. The van der Waals surface area contributed by atoms with Gasteiger partial charge in [-0.2, -0.15) is 0 Å². The molecule has 20 heavy (non-hydrogen) atoms. The van der Waals surface area contributed by atoms with Crippen LogP contribution in [-0.2, 0) is 11.2 Å². The standard InChI is InChI=1S/C15H19N3O2/c16-14(17-20)7-8-18(11-5-6-11)15(19)13-9-10-3-1-2-4-12(10)13/h1-4,11,13,20H,5-9H2,(H2,16,17). The van der Waals surface area contributed by atoms with E-state index in [1.165, 1.54) is 5.56 Å². The number of fused-ring (bicyclic) bond motifs is 1. The lowest BCUT2D eigenvalue weighted by molar-refractivity contribution is -0.133. The first kappa shape index (κ1) is 13.0. The summed E-state index contributed by atoms with van der Waals surface area (Å²) in [6.45, 7) is 0.540. The molecule has 0 aromatic heterocycles. The number of amidine groups is 1. The van der Waals surface area contributed by atoms with Gasteiger partial charge in [0.15, 0.2) is 0 Å². The molecule has 1 fully saturated rings. The zero-order valence-corrected chi connectivity index (χ0v) is 11.3. The topological polar surface area (TPSA) is 78.9 Å². The molecule has 1 aromatic rings. The van der Waals surface area contributed by atoms with Crippen molar-refractivity contribution in [3.05, 3.63) is 35.4 Å². The van der Waals surface area contributed by atoms with Crippen LogP contribution in [0.2, 0.25) is 0 Å². The molecule has 0 aliphatic heterocycles. The van der Waals surface area contributed by atoms with Crippen molar-refractivity contribution >= 4 is 11.7 Å². The van der Waals surface area contributed by atoms with E-state index < -0.39 is 0 Å². The molecule has 0 saturated heterocycles. The van der Waals surface area contributed by atoms with Gasteiger partial charge in [-0.3, -0.25) is 4.79 Å². The third-order valence-corrected chi connectivity index (χ3v) is 4.16. The Morgan fingerprint density at radius 2 is 2.15 bits per heavy atom. The smallest absolute Gasteiger partial charge is 0.230 e. The SMILES string of the molecule is NC(CCN(C(=O)C1Cc2ccccc21)C1CC1)=NO. The van der Waals surface area contributed by atoms with Crippen LogP contribution in [0.25, 0.3) is 0 Å². The number of nitrogens with two attached hydrogens (primary N) is 1. The Morgan fingerprint density at radius 1 is 1.40 bits per heavy atom. The molecule has 3 N–H and O–H groups in total. The van der Waals surface area contributed by atoms with Crippen molar-refractivity contribution in [2.75, 3.05) is 6.54 Å². The molecule has 5 heteroatoms. The van der Waals surface area contributed by atoms with Gasteiger partial charge in [0.05, 0.1) is 5.92 Å². The molecular formula is C15H19N3O2. The highest BCUT2D eigenvalue weighted by atomic mass is 16.4. The second-order valence-corrected chi connectivity index (χ2v) is 5.56. The minimum absolute atomic E-state index is 0.000843. The first-order chi connectivity index (χ1) is 9.70. The van der Waals surface area contributed by atoms with Gasteiger partial charge in [0.2, 0.25) is 5.91 Å². The van der Waals surface area contributed by atoms with Gasteiger partial charge in [-0.1, -0.05) is 29.4 Å². The van der Waals surface area contributed by atoms with E-state index in [2.05, 4.69) is 11.2 Å². The minimum atomic E-state index is -0.000843. The highest BCUT2D eigenvalue weighted by Crippen LogP contribution is 2.38. The summed E-state index contributed by atoms with van der Waals surface area (Å²) in [7, 11) is 0. The molecule has 0 spiro atoms. The number of carbonyl (C=O) groups excluding carboxylic acids is 1. The molecule has 0 bridgehead atoms. The molecule has 2 aliphatic carbocycles. The van der Waals surface area contributed by atoms with Gasteiger partial charge < -0.3 is 15.8 Å².